The van der Waals surface area contributed by atoms with Crippen LogP contribution in [0, 0.1) is 5.82 Å². The number of hydrogen-bond donors (Lipinski definition) is 0. The molecule has 7 heteroatoms. The van der Waals surface area contributed by atoms with E-state index in [4.69, 9.17) is 9.47 Å². The standard InChI is InChI=1S/C19H14Br2FNO3/c1-2-7-25-17-14(20)8-11(9-15(17)21)10-16-19(24)26-18(23-16)12-3-5-13(22)6-4-12/h3-6,8-10H,2,7H2,1H3/b16-10-. The highest BCUT2D eigenvalue weighted by Gasteiger charge is 2.24. The van der Waals surface area contributed by atoms with E-state index in [-0.39, 0.29) is 17.4 Å². The number of nitrogens with zero attached hydrogens (tertiary/aromatic N) is 1. The molecule has 134 valence electrons. The minimum absolute atomic E-state index is 0.155. The number of ether oxygens (including phenoxy) is 2. The van der Waals surface area contributed by atoms with Crippen LogP contribution in [0.15, 0.2) is 56.0 Å². The predicted molar refractivity (Wildman–Crippen MR) is 105 cm³/mol. The lowest BCUT2D eigenvalue weighted by atomic mass is 10.2. The summed E-state index contributed by atoms with van der Waals surface area (Å²) in [6, 6.07) is 9.27. The number of hydrogen-bond acceptors (Lipinski definition) is 4. The first-order valence-corrected chi connectivity index (χ1v) is 9.47. The summed E-state index contributed by atoms with van der Waals surface area (Å²) < 4.78 is 25.4. The van der Waals surface area contributed by atoms with Gasteiger partial charge in [0.15, 0.2) is 5.70 Å². The van der Waals surface area contributed by atoms with E-state index < -0.39 is 5.97 Å². The van der Waals surface area contributed by atoms with Gasteiger partial charge in [-0.1, -0.05) is 6.92 Å². The molecule has 0 fully saturated rings. The third kappa shape index (κ3) is 4.22. The Morgan fingerprint density at radius 1 is 1.19 bits per heavy atom. The van der Waals surface area contributed by atoms with Crippen molar-refractivity contribution in [1.29, 1.82) is 0 Å². The van der Waals surface area contributed by atoms with Crippen molar-refractivity contribution in [3.8, 4) is 5.75 Å². The van der Waals surface area contributed by atoms with Crippen LogP contribution in [-0.2, 0) is 9.53 Å². The van der Waals surface area contributed by atoms with Crippen molar-refractivity contribution >= 4 is 49.8 Å². The van der Waals surface area contributed by atoms with Crippen molar-refractivity contribution in [2.24, 2.45) is 4.99 Å². The lowest BCUT2D eigenvalue weighted by Gasteiger charge is -2.10. The highest BCUT2D eigenvalue weighted by molar-refractivity contribution is 9.11. The Morgan fingerprint density at radius 2 is 1.85 bits per heavy atom. The molecule has 0 aromatic heterocycles. The molecule has 0 unspecified atom stereocenters. The average Bonchev–Trinajstić information content (AvgIpc) is 2.95. The van der Waals surface area contributed by atoms with Gasteiger partial charge in [-0.3, -0.25) is 0 Å². The van der Waals surface area contributed by atoms with Gasteiger partial charge in [0.05, 0.1) is 15.6 Å². The van der Waals surface area contributed by atoms with E-state index in [2.05, 4.69) is 36.9 Å². The smallest absolute Gasteiger partial charge is 0.363 e. The largest absolute Gasteiger partial charge is 0.491 e. The summed E-state index contributed by atoms with van der Waals surface area (Å²) in [5.41, 5.74) is 1.46. The maximum atomic E-state index is 13.0. The Hall–Kier alpha value is -1.99. The molecule has 1 aliphatic rings. The van der Waals surface area contributed by atoms with Crippen molar-refractivity contribution in [2.75, 3.05) is 6.61 Å². The molecule has 26 heavy (non-hydrogen) atoms. The highest BCUT2D eigenvalue weighted by Crippen LogP contribution is 2.35. The maximum Gasteiger partial charge on any atom is 0.363 e. The molecule has 2 aromatic carbocycles. The summed E-state index contributed by atoms with van der Waals surface area (Å²) in [5.74, 6) is -0.0572. The van der Waals surface area contributed by atoms with Crippen molar-refractivity contribution in [3.63, 3.8) is 0 Å². The van der Waals surface area contributed by atoms with Crippen LogP contribution in [0.5, 0.6) is 5.75 Å². The Balaban J connectivity index is 1.89. The Morgan fingerprint density at radius 3 is 2.46 bits per heavy atom. The van der Waals surface area contributed by atoms with Gasteiger partial charge in [-0.2, -0.15) is 0 Å². The zero-order valence-corrected chi connectivity index (χ0v) is 16.9. The molecule has 1 aliphatic heterocycles. The topological polar surface area (TPSA) is 47.9 Å². The first-order chi connectivity index (χ1) is 12.5. The van der Waals surface area contributed by atoms with E-state index in [0.29, 0.717) is 17.9 Å². The molecule has 0 atom stereocenters. The first-order valence-electron chi connectivity index (χ1n) is 7.88. The summed E-state index contributed by atoms with van der Waals surface area (Å²) >= 11 is 6.95. The van der Waals surface area contributed by atoms with Crippen LogP contribution >= 0.6 is 31.9 Å². The highest BCUT2D eigenvalue weighted by atomic mass is 79.9. The molecular formula is C19H14Br2FNO3. The van der Waals surface area contributed by atoms with Crippen LogP contribution < -0.4 is 4.74 Å². The average molecular weight is 483 g/mol. The van der Waals surface area contributed by atoms with Crippen LogP contribution in [-0.4, -0.2) is 18.5 Å². The minimum atomic E-state index is -0.553. The SMILES string of the molecule is CCCOc1c(Br)cc(/C=C2\N=C(c3ccc(F)cc3)OC2=O)cc1Br. The van der Waals surface area contributed by atoms with E-state index >= 15 is 0 Å². The number of benzene rings is 2. The van der Waals surface area contributed by atoms with Gasteiger partial charge in [-0.05, 0) is 86.3 Å². The van der Waals surface area contributed by atoms with Crippen LogP contribution in [0.2, 0.25) is 0 Å². The minimum Gasteiger partial charge on any atom is -0.491 e. The number of esters is 1. The van der Waals surface area contributed by atoms with Crippen molar-refractivity contribution in [1.82, 2.24) is 0 Å². The Kier molecular flexibility index (Phi) is 5.88. The second-order valence-electron chi connectivity index (χ2n) is 5.51. The van der Waals surface area contributed by atoms with Gasteiger partial charge in [0.25, 0.3) is 0 Å². The second kappa shape index (κ2) is 8.14. The van der Waals surface area contributed by atoms with E-state index in [1.165, 1.54) is 24.3 Å². The summed E-state index contributed by atoms with van der Waals surface area (Å²) in [5, 5.41) is 0. The summed E-state index contributed by atoms with van der Waals surface area (Å²) in [7, 11) is 0. The Labute approximate surface area is 167 Å². The number of cyclic esters (lactones) is 1. The summed E-state index contributed by atoms with van der Waals surface area (Å²) in [6.45, 7) is 2.64. The van der Waals surface area contributed by atoms with E-state index in [1.54, 1.807) is 6.08 Å². The molecule has 0 aliphatic carbocycles. The molecule has 0 radical (unpaired) electrons. The van der Waals surface area contributed by atoms with Gasteiger partial charge in [-0.25, -0.2) is 14.2 Å². The fourth-order valence-corrected chi connectivity index (χ4v) is 3.74. The zero-order valence-electron chi connectivity index (χ0n) is 13.8. The lowest BCUT2D eigenvalue weighted by molar-refractivity contribution is -0.129. The molecule has 1 heterocycles. The number of halogens is 3. The fraction of sp³-hybridized carbons (Fsp3) is 0.158. The molecule has 0 bridgehead atoms. The van der Waals surface area contributed by atoms with Gasteiger partial charge < -0.3 is 9.47 Å². The van der Waals surface area contributed by atoms with E-state index in [0.717, 1.165) is 20.9 Å². The molecule has 0 saturated heterocycles. The predicted octanol–water partition coefficient (Wildman–Crippen LogP) is 5.48. The Bertz CT molecular complexity index is 884. The van der Waals surface area contributed by atoms with Gasteiger partial charge in [0, 0.05) is 5.56 Å². The fourth-order valence-electron chi connectivity index (χ4n) is 2.29. The molecule has 0 N–H and O–H groups in total. The van der Waals surface area contributed by atoms with Crippen molar-refractivity contribution < 1.29 is 18.7 Å². The third-order valence-electron chi connectivity index (χ3n) is 3.49. The zero-order chi connectivity index (χ0) is 18.7. The molecule has 0 spiro atoms. The van der Waals surface area contributed by atoms with E-state index in [9.17, 15) is 9.18 Å². The van der Waals surface area contributed by atoms with Crippen molar-refractivity contribution in [3.05, 3.63) is 68.0 Å². The normalized spacial score (nSPS) is 15.2. The molecule has 3 rings (SSSR count). The van der Waals surface area contributed by atoms with Gasteiger partial charge in [0.2, 0.25) is 5.90 Å². The number of rotatable bonds is 5. The lowest BCUT2D eigenvalue weighted by Crippen LogP contribution is -2.05. The third-order valence-corrected chi connectivity index (χ3v) is 4.66. The molecule has 0 saturated carbocycles. The van der Waals surface area contributed by atoms with Gasteiger partial charge in [0.1, 0.15) is 11.6 Å². The molecular weight excluding hydrogens is 469 g/mol. The van der Waals surface area contributed by atoms with Crippen LogP contribution in [0.3, 0.4) is 0 Å². The van der Waals surface area contributed by atoms with Gasteiger partial charge >= 0.3 is 5.97 Å². The molecule has 0 amide bonds. The molecule has 2 aromatic rings. The van der Waals surface area contributed by atoms with Crippen LogP contribution in [0.4, 0.5) is 4.39 Å². The van der Waals surface area contributed by atoms with Crippen molar-refractivity contribution in [2.45, 2.75) is 13.3 Å². The number of aliphatic imine (C=N–C) groups is 1. The quantitative estimate of drug-likeness (QED) is 0.418. The second-order valence-corrected chi connectivity index (χ2v) is 7.21. The monoisotopic (exact) mass is 481 g/mol. The summed E-state index contributed by atoms with van der Waals surface area (Å²) in [6.07, 6.45) is 2.52. The van der Waals surface area contributed by atoms with Crippen LogP contribution in [0.25, 0.3) is 6.08 Å². The number of carbonyl (C=O) groups excluding carboxylic acids is 1. The molecule has 4 nitrogen and oxygen atoms in total. The maximum absolute atomic E-state index is 13.0. The van der Waals surface area contributed by atoms with E-state index in [1.807, 2.05) is 19.1 Å². The van der Waals surface area contributed by atoms with Crippen LogP contribution in [0.1, 0.15) is 24.5 Å². The van der Waals surface area contributed by atoms with Gasteiger partial charge in [-0.15, -0.1) is 0 Å². The first kappa shape index (κ1) is 18.8. The number of carbonyl (C=O) groups is 1. The summed E-state index contributed by atoms with van der Waals surface area (Å²) in [4.78, 5) is 16.3.